The van der Waals surface area contributed by atoms with Crippen LogP contribution in [-0.4, -0.2) is 31.1 Å². The van der Waals surface area contributed by atoms with Crippen LogP contribution in [0.2, 0.25) is 0 Å². The van der Waals surface area contributed by atoms with E-state index in [1.54, 1.807) is 6.07 Å². The van der Waals surface area contributed by atoms with E-state index in [1.807, 2.05) is 14.1 Å². The van der Waals surface area contributed by atoms with E-state index in [4.69, 9.17) is 5.73 Å². The van der Waals surface area contributed by atoms with Crippen molar-refractivity contribution < 1.29 is 4.39 Å². The number of nitrogens with two attached hydrogens (primary N) is 1. The van der Waals surface area contributed by atoms with Gasteiger partial charge < -0.3 is 16.0 Å². The number of hydrogen-bond donors (Lipinski definition) is 2. The molecule has 0 aliphatic carbocycles. The Kier molecular flexibility index (Phi) is 3.75. The molecule has 0 radical (unpaired) electrons. The van der Waals surface area contributed by atoms with Crippen LogP contribution >= 0.6 is 0 Å². The lowest BCUT2D eigenvalue weighted by Crippen LogP contribution is -2.44. The molecule has 1 aromatic carbocycles. The van der Waals surface area contributed by atoms with Gasteiger partial charge in [0.2, 0.25) is 0 Å². The Bertz CT molecular complexity index is 361. The maximum absolute atomic E-state index is 13.0. The van der Waals surface area contributed by atoms with E-state index in [0.717, 1.165) is 0 Å². The van der Waals surface area contributed by atoms with Crippen LogP contribution in [0.15, 0.2) is 18.2 Å². The molecule has 0 spiro atoms. The molecular weight excluding hydrogens is 205 g/mol. The van der Waals surface area contributed by atoms with E-state index in [9.17, 15) is 4.39 Å². The van der Waals surface area contributed by atoms with Crippen LogP contribution in [0.25, 0.3) is 0 Å². The number of nitrogens with one attached hydrogen (secondary N) is 1. The third-order valence-electron chi connectivity index (χ3n) is 2.94. The Morgan fingerprint density at radius 1 is 1.38 bits per heavy atom. The van der Waals surface area contributed by atoms with Gasteiger partial charge in [-0.2, -0.15) is 0 Å². The quantitative estimate of drug-likeness (QED) is 0.772. The zero-order chi connectivity index (χ0) is 12.3. The minimum atomic E-state index is -0.278. The molecule has 1 aromatic rings. The van der Waals surface area contributed by atoms with Gasteiger partial charge in [0.15, 0.2) is 0 Å². The molecular formula is C12H20FN3. The predicted octanol–water partition coefficient (Wildman–Crippen LogP) is 2.16. The Morgan fingerprint density at radius 3 is 2.56 bits per heavy atom. The first-order chi connectivity index (χ1) is 7.33. The van der Waals surface area contributed by atoms with E-state index >= 15 is 0 Å². The largest absolute Gasteiger partial charge is 0.397 e. The second-order valence-electron chi connectivity index (χ2n) is 4.79. The first-order valence-electron chi connectivity index (χ1n) is 5.29. The van der Waals surface area contributed by atoms with Gasteiger partial charge in [0.25, 0.3) is 0 Å². The predicted molar refractivity (Wildman–Crippen MR) is 67.1 cm³/mol. The van der Waals surface area contributed by atoms with Crippen LogP contribution in [0.4, 0.5) is 15.8 Å². The third kappa shape index (κ3) is 3.10. The molecule has 1 rings (SSSR count). The van der Waals surface area contributed by atoms with E-state index in [-0.39, 0.29) is 11.4 Å². The van der Waals surface area contributed by atoms with E-state index in [0.29, 0.717) is 17.9 Å². The van der Waals surface area contributed by atoms with E-state index < -0.39 is 0 Å². The Labute approximate surface area is 96.4 Å². The van der Waals surface area contributed by atoms with E-state index in [2.05, 4.69) is 24.1 Å². The summed E-state index contributed by atoms with van der Waals surface area (Å²) in [6.07, 6.45) is 0. The minimum Gasteiger partial charge on any atom is -0.397 e. The summed E-state index contributed by atoms with van der Waals surface area (Å²) in [6.45, 7) is 4.92. The molecule has 0 aliphatic rings. The lowest BCUT2D eigenvalue weighted by molar-refractivity contribution is 0.210. The standard InChI is InChI=1S/C12H20FN3/c1-12(2,16(3)4)8-15-11-7-9(13)5-6-10(11)14/h5-7,15H,8,14H2,1-4H3. The zero-order valence-electron chi connectivity index (χ0n) is 10.3. The lowest BCUT2D eigenvalue weighted by atomic mass is 10.0. The molecule has 0 saturated carbocycles. The lowest BCUT2D eigenvalue weighted by Gasteiger charge is -2.33. The van der Waals surface area contributed by atoms with Crippen molar-refractivity contribution in [3.63, 3.8) is 0 Å². The number of halogens is 1. The fourth-order valence-electron chi connectivity index (χ4n) is 1.15. The van der Waals surface area contributed by atoms with Crippen molar-refractivity contribution >= 4 is 11.4 Å². The van der Waals surface area contributed by atoms with Crippen molar-refractivity contribution in [2.45, 2.75) is 19.4 Å². The van der Waals surface area contributed by atoms with Gasteiger partial charge in [-0.15, -0.1) is 0 Å². The molecule has 90 valence electrons. The molecule has 3 nitrogen and oxygen atoms in total. The average molecular weight is 225 g/mol. The molecule has 0 bridgehead atoms. The summed E-state index contributed by atoms with van der Waals surface area (Å²) in [6, 6.07) is 4.35. The molecule has 16 heavy (non-hydrogen) atoms. The number of nitrogen functional groups attached to an aromatic ring is 1. The maximum Gasteiger partial charge on any atom is 0.125 e. The Morgan fingerprint density at radius 2 is 2.00 bits per heavy atom. The summed E-state index contributed by atoms with van der Waals surface area (Å²) in [7, 11) is 4.02. The molecule has 0 atom stereocenters. The first-order valence-corrected chi connectivity index (χ1v) is 5.29. The normalized spacial score (nSPS) is 11.9. The molecule has 0 aromatic heterocycles. The third-order valence-corrected chi connectivity index (χ3v) is 2.94. The monoisotopic (exact) mass is 225 g/mol. The summed E-state index contributed by atoms with van der Waals surface area (Å²) in [4.78, 5) is 2.11. The Balaban J connectivity index is 2.71. The highest BCUT2D eigenvalue weighted by molar-refractivity contribution is 5.65. The van der Waals surface area contributed by atoms with Gasteiger partial charge in [0.05, 0.1) is 11.4 Å². The van der Waals surface area contributed by atoms with Gasteiger partial charge in [0.1, 0.15) is 5.82 Å². The van der Waals surface area contributed by atoms with Crippen LogP contribution < -0.4 is 11.1 Å². The zero-order valence-corrected chi connectivity index (χ0v) is 10.3. The van der Waals surface area contributed by atoms with Crippen molar-refractivity contribution in [1.82, 2.24) is 4.90 Å². The van der Waals surface area contributed by atoms with Crippen LogP contribution in [0.3, 0.4) is 0 Å². The van der Waals surface area contributed by atoms with Crippen molar-refractivity contribution in [2.24, 2.45) is 0 Å². The van der Waals surface area contributed by atoms with Crippen molar-refractivity contribution in [3.8, 4) is 0 Å². The van der Waals surface area contributed by atoms with Crippen molar-refractivity contribution in [2.75, 3.05) is 31.7 Å². The summed E-state index contributed by atoms with van der Waals surface area (Å²) in [5, 5.41) is 3.17. The van der Waals surface area contributed by atoms with Gasteiger partial charge >= 0.3 is 0 Å². The number of benzene rings is 1. The van der Waals surface area contributed by atoms with Crippen molar-refractivity contribution in [1.29, 1.82) is 0 Å². The summed E-state index contributed by atoms with van der Waals surface area (Å²) in [5.74, 6) is -0.278. The smallest absolute Gasteiger partial charge is 0.125 e. The molecule has 0 fully saturated rings. The van der Waals surface area contributed by atoms with Crippen LogP contribution in [0, 0.1) is 5.82 Å². The topological polar surface area (TPSA) is 41.3 Å². The number of rotatable bonds is 4. The number of hydrogen-bond acceptors (Lipinski definition) is 3. The van der Waals surface area contributed by atoms with Gasteiger partial charge in [0, 0.05) is 12.1 Å². The highest BCUT2D eigenvalue weighted by Gasteiger charge is 2.20. The van der Waals surface area contributed by atoms with Gasteiger partial charge in [-0.3, -0.25) is 0 Å². The summed E-state index contributed by atoms with van der Waals surface area (Å²) < 4.78 is 13.0. The fraction of sp³-hybridized carbons (Fsp3) is 0.500. The number of nitrogens with zero attached hydrogens (tertiary/aromatic N) is 1. The molecule has 0 amide bonds. The molecule has 0 aliphatic heterocycles. The molecule has 4 heteroatoms. The van der Waals surface area contributed by atoms with Crippen molar-refractivity contribution in [3.05, 3.63) is 24.0 Å². The Hall–Kier alpha value is -1.29. The first kappa shape index (κ1) is 12.8. The minimum absolute atomic E-state index is 0.0151. The average Bonchev–Trinajstić information content (AvgIpc) is 2.19. The van der Waals surface area contributed by atoms with Crippen LogP contribution in [0.1, 0.15) is 13.8 Å². The van der Waals surface area contributed by atoms with Gasteiger partial charge in [-0.1, -0.05) is 0 Å². The number of anilines is 2. The number of likely N-dealkylation sites (N-methyl/N-ethyl adjacent to an activating group) is 1. The second kappa shape index (κ2) is 4.70. The second-order valence-corrected chi connectivity index (χ2v) is 4.79. The van der Waals surface area contributed by atoms with E-state index in [1.165, 1.54) is 12.1 Å². The molecule has 3 N–H and O–H groups in total. The van der Waals surface area contributed by atoms with Gasteiger partial charge in [-0.25, -0.2) is 4.39 Å². The highest BCUT2D eigenvalue weighted by atomic mass is 19.1. The summed E-state index contributed by atoms with van der Waals surface area (Å²) in [5.41, 5.74) is 6.95. The van der Waals surface area contributed by atoms with Crippen LogP contribution in [0.5, 0.6) is 0 Å². The van der Waals surface area contributed by atoms with Crippen LogP contribution in [-0.2, 0) is 0 Å². The summed E-state index contributed by atoms with van der Waals surface area (Å²) >= 11 is 0. The SMILES string of the molecule is CN(C)C(C)(C)CNc1cc(F)ccc1N. The molecule has 0 heterocycles. The molecule has 0 saturated heterocycles. The van der Waals surface area contributed by atoms with Gasteiger partial charge in [-0.05, 0) is 46.1 Å². The fourth-order valence-corrected chi connectivity index (χ4v) is 1.15. The maximum atomic E-state index is 13.0. The highest BCUT2D eigenvalue weighted by Crippen LogP contribution is 2.20. The molecule has 0 unspecified atom stereocenters.